The van der Waals surface area contributed by atoms with E-state index in [0.29, 0.717) is 51.4 Å². The van der Waals surface area contributed by atoms with Crippen molar-refractivity contribution in [2.45, 2.75) is 13.5 Å². The Bertz CT molecular complexity index is 953. The Morgan fingerprint density at radius 2 is 1.93 bits per heavy atom. The fourth-order valence-electron chi connectivity index (χ4n) is 3.30. The number of amides is 2. The number of aryl methyl sites for hydroxylation is 1. The van der Waals surface area contributed by atoms with Crippen LogP contribution in [0.25, 0.3) is 11.2 Å². The van der Waals surface area contributed by atoms with Gasteiger partial charge in [-0.2, -0.15) is 0 Å². The van der Waals surface area contributed by atoms with Crippen molar-refractivity contribution in [3.63, 3.8) is 0 Å². The van der Waals surface area contributed by atoms with Crippen molar-refractivity contribution in [1.82, 2.24) is 35.2 Å². The molecule has 10 nitrogen and oxygen atoms in total. The van der Waals surface area contributed by atoms with Crippen LogP contribution in [0, 0.1) is 0 Å². The molecule has 29 heavy (non-hydrogen) atoms. The molecule has 0 spiro atoms. The number of fused-ring (bicyclic) bond motifs is 1. The molecule has 1 aliphatic heterocycles. The molecule has 1 saturated heterocycles. The van der Waals surface area contributed by atoms with Crippen LogP contribution in [0.5, 0.6) is 5.75 Å². The van der Waals surface area contributed by atoms with Gasteiger partial charge < -0.3 is 19.9 Å². The summed E-state index contributed by atoms with van der Waals surface area (Å²) in [6.07, 6.45) is 1.54. The van der Waals surface area contributed by atoms with Gasteiger partial charge in [0, 0.05) is 32.7 Å². The van der Waals surface area contributed by atoms with E-state index in [-0.39, 0.29) is 6.03 Å². The first-order valence-corrected chi connectivity index (χ1v) is 9.76. The van der Waals surface area contributed by atoms with Crippen LogP contribution in [0.1, 0.15) is 6.92 Å². The van der Waals surface area contributed by atoms with E-state index in [1.807, 2.05) is 37.3 Å². The summed E-state index contributed by atoms with van der Waals surface area (Å²) in [6, 6.07) is 9.48. The number of carbonyl (C=O) groups excluding carboxylic acids is 1. The molecular weight excluding hydrogens is 372 g/mol. The van der Waals surface area contributed by atoms with E-state index in [1.54, 1.807) is 15.9 Å². The first-order valence-electron chi connectivity index (χ1n) is 9.76. The number of aromatic nitrogens is 5. The lowest BCUT2D eigenvalue weighted by atomic mass is 10.3. The number of benzene rings is 1. The van der Waals surface area contributed by atoms with E-state index in [1.165, 1.54) is 0 Å². The highest BCUT2D eigenvalue weighted by Crippen LogP contribution is 2.21. The Hall–Kier alpha value is -3.43. The molecule has 3 aromatic rings. The van der Waals surface area contributed by atoms with E-state index in [0.717, 1.165) is 17.2 Å². The standard InChI is InChI=1S/C19H24N8O2/c1-2-27-18-16(23-24-27)17(21-14-22-18)25-9-11-26(12-10-25)19(28)20-8-13-29-15-6-4-3-5-7-15/h3-7,14H,2,8-13H2,1H3,(H,20,28). The van der Waals surface area contributed by atoms with Crippen LogP contribution in [-0.4, -0.2) is 75.2 Å². The van der Waals surface area contributed by atoms with Crippen molar-refractivity contribution in [3.05, 3.63) is 36.7 Å². The number of para-hydroxylation sites is 1. The van der Waals surface area contributed by atoms with Gasteiger partial charge in [0.1, 0.15) is 18.7 Å². The average Bonchev–Trinajstić information content (AvgIpc) is 3.21. The number of urea groups is 1. The number of piperazine rings is 1. The Labute approximate surface area is 168 Å². The van der Waals surface area contributed by atoms with Gasteiger partial charge in [-0.1, -0.05) is 23.4 Å². The fraction of sp³-hybridized carbons (Fsp3) is 0.421. The summed E-state index contributed by atoms with van der Waals surface area (Å²) in [5.74, 6) is 1.57. The van der Waals surface area contributed by atoms with Crippen molar-refractivity contribution in [2.75, 3.05) is 44.2 Å². The second-order valence-electron chi connectivity index (χ2n) is 6.64. The lowest BCUT2D eigenvalue weighted by molar-refractivity contribution is 0.191. The predicted molar refractivity (Wildman–Crippen MR) is 108 cm³/mol. The zero-order chi connectivity index (χ0) is 20.1. The zero-order valence-corrected chi connectivity index (χ0v) is 16.4. The number of hydrogen-bond acceptors (Lipinski definition) is 7. The second-order valence-corrected chi connectivity index (χ2v) is 6.64. The molecule has 1 aromatic carbocycles. The maximum Gasteiger partial charge on any atom is 0.317 e. The molecule has 2 amide bonds. The highest BCUT2D eigenvalue weighted by Gasteiger charge is 2.24. The Balaban J connectivity index is 1.27. The Kier molecular flexibility index (Phi) is 5.68. The predicted octanol–water partition coefficient (Wildman–Crippen LogP) is 1.15. The Morgan fingerprint density at radius 1 is 1.14 bits per heavy atom. The minimum Gasteiger partial charge on any atom is -0.492 e. The molecule has 0 saturated carbocycles. The third-order valence-electron chi connectivity index (χ3n) is 4.84. The molecule has 3 heterocycles. The highest BCUT2D eigenvalue weighted by atomic mass is 16.5. The molecule has 1 aliphatic rings. The number of nitrogens with one attached hydrogen (secondary N) is 1. The maximum absolute atomic E-state index is 12.4. The quantitative estimate of drug-likeness (QED) is 0.624. The molecular formula is C19H24N8O2. The van der Waals surface area contributed by atoms with Crippen LogP contribution in [0.4, 0.5) is 10.6 Å². The third kappa shape index (κ3) is 4.20. The van der Waals surface area contributed by atoms with Crippen LogP contribution in [0.2, 0.25) is 0 Å². The zero-order valence-electron chi connectivity index (χ0n) is 16.4. The lowest BCUT2D eigenvalue weighted by Crippen LogP contribution is -2.52. The van der Waals surface area contributed by atoms with Crippen LogP contribution in [0.3, 0.4) is 0 Å². The topological polar surface area (TPSA) is 101 Å². The molecule has 1 fully saturated rings. The molecule has 4 rings (SSSR count). The van der Waals surface area contributed by atoms with Crippen LogP contribution >= 0.6 is 0 Å². The average molecular weight is 396 g/mol. The summed E-state index contributed by atoms with van der Waals surface area (Å²) in [7, 11) is 0. The first-order chi connectivity index (χ1) is 14.3. The minimum atomic E-state index is -0.0777. The summed E-state index contributed by atoms with van der Waals surface area (Å²) in [5.41, 5.74) is 1.43. The molecule has 0 unspecified atom stereocenters. The van der Waals surface area contributed by atoms with Crippen molar-refractivity contribution >= 4 is 23.0 Å². The molecule has 152 valence electrons. The number of carbonyl (C=O) groups is 1. The van der Waals surface area contributed by atoms with Gasteiger partial charge in [-0.25, -0.2) is 19.4 Å². The summed E-state index contributed by atoms with van der Waals surface area (Å²) >= 11 is 0. The van der Waals surface area contributed by atoms with Crippen molar-refractivity contribution in [1.29, 1.82) is 0 Å². The van der Waals surface area contributed by atoms with E-state index >= 15 is 0 Å². The van der Waals surface area contributed by atoms with Crippen LogP contribution < -0.4 is 15.0 Å². The van der Waals surface area contributed by atoms with E-state index in [9.17, 15) is 4.79 Å². The monoisotopic (exact) mass is 396 g/mol. The van der Waals surface area contributed by atoms with E-state index in [4.69, 9.17) is 4.74 Å². The summed E-state index contributed by atoms with van der Waals surface area (Å²) in [4.78, 5) is 25.0. The summed E-state index contributed by atoms with van der Waals surface area (Å²) in [5, 5.41) is 11.3. The van der Waals surface area contributed by atoms with Gasteiger partial charge in [0.25, 0.3) is 0 Å². The van der Waals surface area contributed by atoms with Crippen molar-refractivity contribution in [3.8, 4) is 5.75 Å². The van der Waals surface area contributed by atoms with Crippen LogP contribution in [-0.2, 0) is 6.54 Å². The van der Waals surface area contributed by atoms with E-state index < -0.39 is 0 Å². The van der Waals surface area contributed by atoms with Gasteiger partial charge >= 0.3 is 6.03 Å². The number of rotatable bonds is 6. The number of nitrogens with zero attached hydrogens (tertiary/aromatic N) is 7. The number of ether oxygens (including phenoxy) is 1. The fourth-order valence-corrected chi connectivity index (χ4v) is 3.30. The van der Waals surface area contributed by atoms with E-state index in [2.05, 4.69) is 30.5 Å². The largest absolute Gasteiger partial charge is 0.492 e. The summed E-state index contributed by atoms with van der Waals surface area (Å²) in [6.45, 7) is 6.17. The Morgan fingerprint density at radius 3 is 2.69 bits per heavy atom. The molecule has 0 atom stereocenters. The van der Waals surface area contributed by atoms with Gasteiger partial charge in [0.15, 0.2) is 17.0 Å². The molecule has 0 aliphatic carbocycles. The second kappa shape index (κ2) is 8.72. The number of anilines is 1. The van der Waals surface area contributed by atoms with Gasteiger partial charge in [-0.15, -0.1) is 5.10 Å². The smallest absolute Gasteiger partial charge is 0.317 e. The number of hydrogen-bond donors (Lipinski definition) is 1. The third-order valence-corrected chi connectivity index (χ3v) is 4.84. The van der Waals surface area contributed by atoms with Gasteiger partial charge in [-0.3, -0.25) is 0 Å². The molecule has 0 radical (unpaired) electrons. The molecule has 2 aromatic heterocycles. The SMILES string of the molecule is CCn1nnc2c(N3CCN(C(=O)NCCOc4ccccc4)CC3)ncnc21. The minimum absolute atomic E-state index is 0.0777. The lowest BCUT2D eigenvalue weighted by Gasteiger charge is -2.35. The van der Waals surface area contributed by atoms with Crippen molar-refractivity contribution < 1.29 is 9.53 Å². The van der Waals surface area contributed by atoms with Gasteiger partial charge in [0.05, 0.1) is 6.54 Å². The first kappa shape index (κ1) is 18.9. The highest BCUT2D eigenvalue weighted by molar-refractivity contribution is 5.82. The molecule has 0 bridgehead atoms. The normalized spacial score (nSPS) is 14.2. The van der Waals surface area contributed by atoms with Gasteiger partial charge in [0.2, 0.25) is 0 Å². The van der Waals surface area contributed by atoms with Crippen molar-refractivity contribution in [2.24, 2.45) is 0 Å². The maximum atomic E-state index is 12.4. The van der Waals surface area contributed by atoms with Crippen LogP contribution in [0.15, 0.2) is 36.7 Å². The molecule has 10 heteroatoms. The molecule has 1 N–H and O–H groups in total. The summed E-state index contributed by atoms with van der Waals surface area (Å²) < 4.78 is 7.35. The van der Waals surface area contributed by atoms with Gasteiger partial charge in [-0.05, 0) is 19.1 Å².